The second-order valence-electron chi connectivity index (χ2n) is 9.99. The number of benzene rings is 3. The Morgan fingerprint density at radius 3 is 1.24 bits per heavy atom. The molecule has 0 atom stereocenters. The summed E-state index contributed by atoms with van der Waals surface area (Å²) in [6.07, 6.45) is 0. The average Bonchev–Trinajstić information content (AvgIpc) is 2.67. The van der Waals surface area contributed by atoms with Crippen molar-refractivity contribution in [2.24, 2.45) is 0 Å². The van der Waals surface area contributed by atoms with Crippen molar-refractivity contribution in [3.63, 3.8) is 0 Å². The molecule has 0 aliphatic heterocycles. The minimum atomic E-state index is 0.191. The Labute approximate surface area is 178 Å². The monoisotopic (exact) mass is 384 g/mol. The van der Waals surface area contributed by atoms with Crippen molar-refractivity contribution < 1.29 is 0 Å². The van der Waals surface area contributed by atoms with E-state index >= 15 is 0 Å². The maximum absolute atomic E-state index is 2.39. The molecule has 29 heavy (non-hydrogen) atoms. The molecule has 3 aromatic rings. The van der Waals surface area contributed by atoms with Crippen LogP contribution < -0.4 is 0 Å². The molecule has 152 valence electrons. The van der Waals surface area contributed by atoms with Crippen LogP contribution in [0.5, 0.6) is 0 Å². The fraction of sp³-hybridized carbons (Fsp3) is 0.379. The van der Waals surface area contributed by atoms with Gasteiger partial charge in [0.2, 0.25) is 0 Å². The van der Waals surface area contributed by atoms with E-state index in [4.69, 9.17) is 0 Å². The molecule has 3 aromatic carbocycles. The summed E-state index contributed by atoms with van der Waals surface area (Å²) >= 11 is 0. The first-order valence-electron chi connectivity index (χ1n) is 10.9. The van der Waals surface area contributed by atoms with Crippen molar-refractivity contribution in [2.45, 2.75) is 72.6 Å². The van der Waals surface area contributed by atoms with Crippen molar-refractivity contribution >= 4 is 0 Å². The van der Waals surface area contributed by atoms with E-state index in [2.05, 4.69) is 116 Å². The van der Waals surface area contributed by atoms with E-state index < -0.39 is 0 Å². The second-order valence-corrected chi connectivity index (χ2v) is 9.99. The molecule has 0 aromatic heterocycles. The molecule has 0 aliphatic rings. The molecule has 0 fully saturated rings. The summed E-state index contributed by atoms with van der Waals surface area (Å²) in [7, 11) is 0. The quantitative estimate of drug-likeness (QED) is 0.421. The van der Waals surface area contributed by atoms with Crippen LogP contribution in [0.4, 0.5) is 0 Å². The molecule has 0 bridgehead atoms. The summed E-state index contributed by atoms with van der Waals surface area (Å²) in [5.41, 5.74) is 11.1. The third-order valence-corrected chi connectivity index (χ3v) is 6.03. The summed E-state index contributed by atoms with van der Waals surface area (Å²) in [4.78, 5) is 0. The largest absolute Gasteiger partial charge is 0.0587 e. The number of hydrogen-bond donors (Lipinski definition) is 0. The first-order chi connectivity index (χ1) is 13.6. The fourth-order valence-electron chi connectivity index (χ4n) is 4.14. The third-order valence-electron chi connectivity index (χ3n) is 6.03. The van der Waals surface area contributed by atoms with E-state index in [0.29, 0.717) is 11.8 Å². The summed E-state index contributed by atoms with van der Waals surface area (Å²) in [5, 5.41) is 0. The van der Waals surface area contributed by atoms with Gasteiger partial charge in [-0.05, 0) is 68.7 Å². The van der Waals surface area contributed by atoms with E-state index in [1.165, 1.54) is 44.5 Å². The Balaban J connectivity index is 1.96. The van der Waals surface area contributed by atoms with E-state index in [0.717, 1.165) is 0 Å². The van der Waals surface area contributed by atoms with Crippen molar-refractivity contribution in [2.75, 3.05) is 0 Å². The minimum Gasteiger partial charge on any atom is -0.0587 e. The molecule has 0 unspecified atom stereocenters. The van der Waals surface area contributed by atoms with Gasteiger partial charge in [-0.3, -0.25) is 0 Å². The van der Waals surface area contributed by atoms with Gasteiger partial charge in [0.05, 0.1) is 0 Å². The highest BCUT2D eigenvalue weighted by Gasteiger charge is 2.15. The molecule has 0 radical (unpaired) electrons. The normalized spacial score (nSPS) is 12.1. The lowest BCUT2D eigenvalue weighted by Crippen LogP contribution is -2.10. The smallest absolute Gasteiger partial charge is 0.0132 e. The van der Waals surface area contributed by atoms with Crippen LogP contribution >= 0.6 is 0 Å². The van der Waals surface area contributed by atoms with Crippen LogP contribution in [0.15, 0.2) is 60.7 Å². The van der Waals surface area contributed by atoms with Crippen LogP contribution in [-0.2, 0) is 5.41 Å². The molecule has 0 spiro atoms. The van der Waals surface area contributed by atoms with Crippen LogP contribution in [0.3, 0.4) is 0 Å². The topological polar surface area (TPSA) is 0 Å². The zero-order chi connectivity index (χ0) is 21.3. The molecular weight excluding hydrogens is 348 g/mol. The minimum absolute atomic E-state index is 0.191. The lowest BCUT2D eigenvalue weighted by molar-refractivity contribution is 0.590. The van der Waals surface area contributed by atoms with Crippen molar-refractivity contribution in [1.82, 2.24) is 0 Å². The lowest BCUT2D eigenvalue weighted by atomic mass is 9.85. The summed E-state index contributed by atoms with van der Waals surface area (Å²) in [6.45, 7) is 18.2. The van der Waals surface area contributed by atoms with Gasteiger partial charge in [-0.2, -0.15) is 0 Å². The van der Waals surface area contributed by atoms with Gasteiger partial charge in [0.25, 0.3) is 0 Å². The standard InChI is InChI=1S/C29H36/c1-19(2)27-17-25(18-28(20(3)4)21(27)5)24-11-9-22(10-12-24)23-13-15-26(16-14-23)29(6,7)8/h9-20H,1-8H3. The zero-order valence-electron chi connectivity index (χ0n) is 19.4. The predicted molar refractivity (Wildman–Crippen MR) is 129 cm³/mol. The number of hydrogen-bond acceptors (Lipinski definition) is 0. The Bertz CT molecular complexity index is 933. The Morgan fingerprint density at radius 2 is 0.897 bits per heavy atom. The van der Waals surface area contributed by atoms with Gasteiger partial charge in [-0.15, -0.1) is 0 Å². The van der Waals surface area contributed by atoms with Gasteiger partial charge in [-0.1, -0.05) is 109 Å². The molecule has 0 saturated carbocycles. The average molecular weight is 385 g/mol. The van der Waals surface area contributed by atoms with E-state index in [1.54, 1.807) is 0 Å². The first kappa shape index (κ1) is 21.4. The van der Waals surface area contributed by atoms with Crippen molar-refractivity contribution in [1.29, 1.82) is 0 Å². The van der Waals surface area contributed by atoms with E-state index in [1.807, 2.05) is 0 Å². The fourth-order valence-corrected chi connectivity index (χ4v) is 4.14. The second kappa shape index (κ2) is 8.19. The summed E-state index contributed by atoms with van der Waals surface area (Å²) in [6, 6.07) is 22.8. The first-order valence-corrected chi connectivity index (χ1v) is 10.9. The van der Waals surface area contributed by atoms with Gasteiger partial charge in [0.1, 0.15) is 0 Å². The molecule has 0 heteroatoms. The van der Waals surface area contributed by atoms with E-state index in [-0.39, 0.29) is 5.41 Å². The maximum atomic E-state index is 2.39. The van der Waals surface area contributed by atoms with Crippen LogP contribution in [-0.4, -0.2) is 0 Å². The molecule has 0 heterocycles. The van der Waals surface area contributed by atoms with Crippen LogP contribution in [0.1, 0.15) is 82.6 Å². The van der Waals surface area contributed by atoms with Gasteiger partial charge in [-0.25, -0.2) is 0 Å². The summed E-state index contributed by atoms with van der Waals surface area (Å²) < 4.78 is 0. The van der Waals surface area contributed by atoms with Crippen LogP contribution in [0.25, 0.3) is 22.3 Å². The van der Waals surface area contributed by atoms with Gasteiger partial charge in [0, 0.05) is 0 Å². The summed E-state index contributed by atoms with van der Waals surface area (Å²) in [5.74, 6) is 1.07. The van der Waals surface area contributed by atoms with Gasteiger partial charge >= 0.3 is 0 Å². The Kier molecular flexibility index (Phi) is 6.03. The molecule has 0 amide bonds. The van der Waals surface area contributed by atoms with Gasteiger partial charge < -0.3 is 0 Å². The third kappa shape index (κ3) is 4.64. The highest BCUT2D eigenvalue weighted by molar-refractivity contribution is 5.72. The van der Waals surface area contributed by atoms with Crippen molar-refractivity contribution in [3.8, 4) is 22.3 Å². The molecule has 0 nitrogen and oxygen atoms in total. The SMILES string of the molecule is Cc1c(C(C)C)cc(-c2ccc(-c3ccc(C(C)(C)C)cc3)cc2)cc1C(C)C. The Morgan fingerprint density at radius 1 is 0.552 bits per heavy atom. The lowest BCUT2D eigenvalue weighted by Gasteiger charge is -2.20. The predicted octanol–water partition coefficient (Wildman–Crippen LogP) is 8.87. The molecule has 0 saturated heterocycles. The van der Waals surface area contributed by atoms with E-state index in [9.17, 15) is 0 Å². The molecule has 0 aliphatic carbocycles. The molecule has 0 N–H and O–H groups in total. The highest BCUT2D eigenvalue weighted by Crippen LogP contribution is 2.34. The van der Waals surface area contributed by atoms with Crippen LogP contribution in [0.2, 0.25) is 0 Å². The molecular formula is C29H36. The number of rotatable bonds is 4. The maximum Gasteiger partial charge on any atom is -0.0132 e. The Hall–Kier alpha value is -2.34. The van der Waals surface area contributed by atoms with Gasteiger partial charge in [0.15, 0.2) is 0 Å². The zero-order valence-corrected chi connectivity index (χ0v) is 19.4. The molecule has 3 rings (SSSR count). The van der Waals surface area contributed by atoms with Crippen LogP contribution in [0, 0.1) is 6.92 Å². The highest BCUT2D eigenvalue weighted by atomic mass is 14.2. The van der Waals surface area contributed by atoms with Crippen molar-refractivity contribution in [3.05, 3.63) is 82.9 Å².